The normalized spacial score (nSPS) is 15.2. The average Bonchev–Trinajstić information content (AvgIpc) is 3.05. The summed E-state index contributed by atoms with van der Waals surface area (Å²) in [6.45, 7) is 0.965. The fourth-order valence-corrected chi connectivity index (χ4v) is 1.94. The molecule has 0 aliphatic heterocycles. The summed E-state index contributed by atoms with van der Waals surface area (Å²) in [5.41, 5.74) is 2.57. The van der Waals surface area contributed by atoms with Crippen LogP contribution in [0.25, 0.3) is 5.69 Å². The third kappa shape index (κ3) is 2.02. The largest absolute Gasteiger partial charge is 0.320 e. The van der Waals surface area contributed by atoms with Gasteiger partial charge in [0.2, 0.25) is 0 Å². The molecule has 16 heavy (non-hydrogen) atoms. The standard InChI is InChI=1S/C14H16N2/c1-2-5-13(6-3-1)16-10-4-7-14(16)11-15-12-8-9-12/h1-7,10,12,15H,8-9,11H2. The third-order valence-electron chi connectivity index (χ3n) is 3.02. The lowest BCUT2D eigenvalue weighted by Crippen LogP contribution is -2.17. The number of hydrogen-bond donors (Lipinski definition) is 1. The molecule has 1 aliphatic carbocycles. The molecule has 2 aromatic rings. The fraction of sp³-hybridized carbons (Fsp3) is 0.286. The quantitative estimate of drug-likeness (QED) is 0.824. The summed E-state index contributed by atoms with van der Waals surface area (Å²) >= 11 is 0. The second kappa shape index (κ2) is 4.14. The predicted molar refractivity (Wildman–Crippen MR) is 65.6 cm³/mol. The average molecular weight is 212 g/mol. The number of para-hydroxylation sites is 1. The molecule has 0 unspecified atom stereocenters. The first-order valence-corrected chi connectivity index (χ1v) is 5.88. The Morgan fingerprint density at radius 2 is 1.88 bits per heavy atom. The van der Waals surface area contributed by atoms with Crippen molar-refractivity contribution in [3.63, 3.8) is 0 Å². The molecule has 0 bridgehead atoms. The van der Waals surface area contributed by atoms with Crippen molar-refractivity contribution in [3.05, 3.63) is 54.4 Å². The maximum Gasteiger partial charge on any atom is 0.0452 e. The molecule has 1 saturated carbocycles. The van der Waals surface area contributed by atoms with Crippen molar-refractivity contribution < 1.29 is 0 Å². The number of rotatable bonds is 4. The van der Waals surface area contributed by atoms with Gasteiger partial charge in [-0.15, -0.1) is 0 Å². The van der Waals surface area contributed by atoms with Gasteiger partial charge in [0.05, 0.1) is 0 Å². The number of nitrogens with one attached hydrogen (secondary N) is 1. The van der Waals surface area contributed by atoms with E-state index in [1.807, 2.05) is 0 Å². The molecule has 1 aromatic heterocycles. The topological polar surface area (TPSA) is 17.0 Å². The van der Waals surface area contributed by atoms with E-state index in [4.69, 9.17) is 0 Å². The van der Waals surface area contributed by atoms with E-state index < -0.39 is 0 Å². The van der Waals surface area contributed by atoms with Crippen LogP contribution in [-0.2, 0) is 6.54 Å². The zero-order valence-electron chi connectivity index (χ0n) is 9.26. The Labute approximate surface area is 95.9 Å². The lowest BCUT2D eigenvalue weighted by molar-refractivity contribution is 0.665. The van der Waals surface area contributed by atoms with Gasteiger partial charge in [-0.3, -0.25) is 0 Å². The van der Waals surface area contributed by atoms with E-state index in [0.717, 1.165) is 12.6 Å². The van der Waals surface area contributed by atoms with Gasteiger partial charge in [-0.05, 0) is 37.1 Å². The van der Waals surface area contributed by atoms with Crippen LogP contribution in [0.1, 0.15) is 18.5 Å². The zero-order chi connectivity index (χ0) is 10.8. The maximum absolute atomic E-state index is 3.55. The highest BCUT2D eigenvalue weighted by molar-refractivity contribution is 5.34. The van der Waals surface area contributed by atoms with Gasteiger partial charge < -0.3 is 9.88 Å². The Kier molecular flexibility index (Phi) is 2.50. The summed E-state index contributed by atoms with van der Waals surface area (Å²) in [6.07, 6.45) is 4.80. The molecular weight excluding hydrogens is 196 g/mol. The molecule has 1 aliphatic rings. The van der Waals surface area contributed by atoms with Gasteiger partial charge in [-0.1, -0.05) is 18.2 Å². The second-order valence-corrected chi connectivity index (χ2v) is 4.36. The molecule has 0 spiro atoms. The Balaban J connectivity index is 1.81. The second-order valence-electron chi connectivity index (χ2n) is 4.36. The molecule has 2 heteroatoms. The maximum atomic E-state index is 3.55. The van der Waals surface area contributed by atoms with Gasteiger partial charge in [0.15, 0.2) is 0 Å². The first kappa shape index (κ1) is 9.67. The summed E-state index contributed by atoms with van der Waals surface area (Å²) in [6, 6.07) is 15.5. The summed E-state index contributed by atoms with van der Waals surface area (Å²) < 4.78 is 2.25. The van der Waals surface area contributed by atoms with Gasteiger partial charge in [-0.2, -0.15) is 0 Å². The summed E-state index contributed by atoms with van der Waals surface area (Å²) in [4.78, 5) is 0. The predicted octanol–water partition coefficient (Wildman–Crippen LogP) is 2.73. The molecule has 0 atom stereocenters. The van der Waals surface area contributed by atoms with E-state index in [1.54, 1.807) is 0 Å². The van der Waals surface area contributed by atoms with Crippen LogP contribution in [0, 0.1) is 0 Å². The Morgan fingerprint density at radius 3 is 2.62 bits per heavy atom. The molecular formula is C14H16N2. The minimum atomic E-state index is 0.763. The fourth-order valence-electron chi connectivity index (χ4n) is 1.94. The molecule has 0 radical (unpaired) electrons. The smallest absolute Gasteiger partial charge is 0.0452 e. The van der Waals surface area contributed by atoms with Crippen molar-refractivity contribution in [2.75, 3.05) is 0 Å². The molecule has 1 fully saturated rings. The first-order valence-electron chi connectivity index (χ1n) is 5.88. The van der Waals surface area contributed by atoms with Crippen molar-refractivity contribution in [2.24, 2.45) is 0 Å². The van der Waals surface area contributed by atoms with Crippen LogP contribution in [0.5, 0.6) is 0 Å². The van der Waals surface area contributed by atoms with E-state index in [2.05, 4.69) is 58.5 Å². The Hall–Kier alpha value is -1.54. The number of benzene rings is 1. The number of hydrogen-bond acceptors (Lipinski definition) is 1. The van der Waals surface area contributed by atoms with E-state index in [9.17, 15) is 0 Å². The minimum absolute atomic E-state index is 0.763. The van der Waals surface area contributed by atoms with Crippen molar-refractivity contribution in [2.45, 2.75) is 25.4 Å². The highest BCUT2D eigenvalue weighted by Crippen LogP contribution is 2.20. The van der Waals surface area contributed by atoms with E-state index in [1.165, 1.54) is 24.2 Å². The summed E-state index contributed by atoms with van der Waals surface area (Å²) in [5, 5.41) is 3.55. The van der Waals surface area contributed by atoms with Gasteiger partial charge in [0.25, 0.3) is 0 Å². The lowest BCUT2D eigenvalue weighted by Gasteiger charge is -2.09. The molecule has 1 N–H and O–H groups in total. The molecule has 2 nitrogen and oxygen atoms in total. The van der Waals surface area contributed by atoms with Gasteiger partial charge in [0.1, 0.15) is 0 Å². The SMILES string of the molecule is c1ccc(-n2cccc2CNC2CC2)cc1. The minimum Gasteiger partial charge on any atom is -0.320 e. The van der Waals surface area contributed by atoms with Crippen LogP contribution in [0.3, 0.4) is 0 Å². The van der Waals surface area contributed by atoms with Crippen LogP contribution in [0.15, 0.2) is 48.7 Å². The molecule has 1 heterocycles. The van der Waals surface area contributed by atoms with Crippen LogP contribution in [0.4, 0.5) is 0 Å². The summed E-state index contributed by atoms with van der Waals surface area (Å²) in [7, 11) is 0. The Bertz CT molecular complexity index is 455. The van der Waals surface area contributed by atoms with Crippen LogP contribution in [0.2, 0.25) is 0 Å². The first-order chi connectivity index (χ1) is 7.93. The molecule has 3 rings (SSSR count). The zero-order valence-corrected chi connectivity index (χ0v) is 9.26. The van der Waals surface area contributed by atoms with E-state index in [0.29, 0.717) is 0 Å². The van der Waals surface area contributed by atoms with Gasteiger partial charge >= 0.3 is 0 Å². The van der Waals surface area contributed by atoms with Crippen molar-refractivity contribution in [1.82, 2.24) is 9.88 Å². The summed E-state index contributed by atoms with van der Waals surface area (Å²) in [5.74, 6) is 0. The van der Waals surface area contributed by atoms with E-state index >= 15 is 0 Å². The number of nitrogens with zero attached hydrogens (tertiary/aromatic N) is 1. The van der Waals surface area contributed by atoms with Crippen LogP contribution < -0.4 is 5.32 Å². The molecule has 0 saturated heterocycles. The van der Waals surface area contributed by atoms with E-state index in [-0.39, 0.29) is 0 Å². The van der Waals surface area contributed by atoms with Crippen LogP contribution in [-0.4, -0.2) is 10.6 Å². The molecule has 82 valence electrons. The lowest BCUT2D eigenvalue weighted by atomic mass is 10.3. The van der Waals surface area contributed by atoms with Crippen molar-refractivity contribution in [1.29, 1.82) is 0 Å². The van der Waals surface area contributed by atoms with Crippen molar-refractivity contribution >= 4 is 0 Å². The number of aromatic nitrogens is 1. The Morgan fingerprint density at radius 1 is 1.06 bits per heavy atom. The highest BCUT2D eigenvalue weighted by atomic mass is 15.0. The van der Waals surface area contributed by atoms with Crippen molar-refractivity contribution in [3.8, 4) is 5.69 Å². The molecule has 0 amide bonds. The van der Waals surface area contributed by atoms with Gasteiger partial charge in [-0.25, -0.2) is 0 Å². The highest BCUT2D eigenvalue weighted by Gasteiger charge is 2.20. The molecule has 1 aromatic carbocycles. The van der Waals surface area contributed by atoms with Gasteiger partial charge in [0, 0.05) is 30.2 Å². The third-order valence-corrected chi connectivity index (χ3v) is 3.02. The monoisotopic (exact) mass is 212 g/mol. The van der Waals surface area contributed by atoms with Crippen LogP contribution >= 0.6 is 0 Å².